The van der Waals surface area contributed by atoms with Gasteiger partial charge < -0.3 is 9.47 Å². The van der Waals surface area contributed by atoms with Gasteiger partial charge in [0.2, 0.25) is 0 Å². The highest BCUT2D eigenvalue weighted by molar-refractivity contribution is 5.29. The second-order valence-electron chi connectivity index (χ2n) is 3.09. The lowest BCUT2D eigenvalue weighted by Crippen LogP contribution is -2.24. The molecule has 14 heavy (non-hydrogen) atoms. The average Bonchev–Trinajstić information content (AvgIpc) is 2.27. The van der Waals surface area contributed by atoms with E-state index in [1.807, 2.05) is 37.3 Å². The van der Waals surface area contributed by atoms with Gasteiger partial charge in [0.15, 0.2) is 5.60 Å². The molecule has 0 aromatic heterocycles. The van der Waals surface area contributed by atoms with Crippen LogP contribution < -0.4 is 0 Å². The van der Waals surface area contributed by atoms with Gasteiger partial charge in [-0.15, -0.1) is 6.42 Å². The number of ether oxygens (including phenoxy) is 2. The van der Waals surface area contributed by atoms with Crippen molar-refractivity contribution < 1.29 is 9.47 Å². The van der Waals surface area contributed by atoms with Gasteiger partial charge in [0, 0.05) is 7.11 Å². The van der Waals surface area contributed by atoms with E-state index in [0.29, 0.717) is 0 Å². The van der Waals surface area contributed by atoms with Crippen molar-refractivity contribution in [2.45, 2.75) is 12.5 Å². The van der Waals surface area contributed by atoms with Crippen LogP contribution in [0, 0.1) is 12.3 Å². The number of benzene rings is 1. The maximum atomic E-state index is 5.46. The van der Waals surface area contributed by atoms with E-state index in [1.165, 1.54) is 0 Å². The molecule has 2 nitrogen and oxygen atoms in total. The van der Waals surface area contributed by atoms with Crippen molar-refractivity contribution in [2.24, 2.45) is 0 Å². The third-order valence-electron chi connectivity index (χ3n) is 2.07. The zero-order valence-electron chi connectivity index (χ0n) is 8.49. The molecule has 0 aliphatic heterocycles. The summed E-state index contributed by atoms with van der Waals surface area (Å²) >= 11 is 0. The largest absolute Gasteiger partial charge is 0.359 e. The lowest BCUT2D eigenvalue weighted by Gasteiger charge is -2.23. The van der Waals surface area contributed by atoms with Crippen molar-refractivity contribution in [1.29, 1.82) is 0 Å². The quantitative estimate of drug-likeness (QED) is 0.535. The Morgan fingerprint density at radius 3 is 2.50 bits per heavy atom. The molecule has 0 amide bonds. The Kier molecular flexibility index (Phi) is 3.70. The van der Waals surface area contributed by atoms with E-state index in [2.05, 4.69) is 5.92 Å². The Hall–Kier alpha value is -1.30. The zero-order valence-corrected chi connectivity index (χ0v) is 8.49. The van der Waals surface area contributed by atoms with Gasteiger partial charge in [-0.25, -0.2) is 0 Å². The highest BCUT2D eigenvalue weighted by atomic mass is 16.7. The fourth-order valence-corrected chi connectivity index (χ4v) is 1.14. The van der Waals surface area contributed by atoms with Crippen LogP contribution in [0.4, 0.5) is 0 Å². The summed E-state index contributed by atoms with van der Waals surface area (Å²) < 4.78 is 10.3. The summed E-state index contributed by atoms with van der Waals surface area (Å²) in [6, 6.07) is 9.68. The first-order chi connectivity index (χ1) is 6.73. The number of methoxy groups -OCH3 is 1. The molecule has 0 fully saturated rings. The van der Waals surface area contributed by atoms with Gasteiger partial charge in [0.25, 0.3) is 0 Å². The highest BCUT2D eigenvalue weighted by Gasteiger charge is 2.24. The number of hydrogen-bond acceptors (Lipinski definition) is 2. The summed E-state index contributed by atoms with van der Waals surface area (Å²) in [5.74, 6) is 2.63. The molecule has 2 heteroatoms. The monoisotopic (exact) mass is 190 g/mol. The van der Waals surface area contributed by atoms with E-state index >= 15 is 0 Å². The molecule has 0 aliphatic rings. The third-order valence-corrected chi connectivity index (χ3v) is 2.07. The van der Waals surface area contributed by atoms with Crippen LogP contribution in [0.15, 0.2) is 30.3 Å². The molecule has 1 rings (SSSR count). The predicted octanol–water partition coefficient (Wildman–Crippen LogP) is 2.16. The molecule has 0 saturated heterocycles. The Balaban J connectivity index is 2.86. The summed E-state index contributed by atoms with van der Waals surface area (Å²) in [6.07, 6.45) is 5.45. The third kappa shape index (κ3) is 2.35. The number of hydrogen-bond donors (Lipinski definition) is 0. The van der Waals surface area contributed by atoms with Crippen molar-refractivity contribution in [3.63, 3.8) is 0 Å². The average molecular weight is 190 g/mol. The fraction of sp³-hybridized carbons (Fsp3) is 0.333. The van der Waals surface area contributed by atoms with Crippen LogP contribution in [-0.2, 0) is 15.1 Å². The second-order valence-corrected chi connectivity index (χ2v) is 3.09. The van der Waals surface area contributed by atoms with E-state index in [1.54, 1.807) is 7.11 Å². The molecule has 1 atom stereocenters. The minimum atomic E-state index is -0.711. The smallest absolute Gasteiger partial charge is 0.153 e. The Morgan fingerprint density at radius 2 is 2.00 bits per heavy atom. The summed E-state index contributed by atoms with van der Waals surface area (Å²) in [4.78, 5) is 0. The molecule has 1 aromatic carbocycles. The van der Waals surface area contributed by atoms with E-state index in [9.17, 15) is 0 Å². The Bertz CT molecular complexity index is 313. The number of terminal acetylenes is 1. The molecule has 0 spiro atoms. The van der Waals surface area contributed by atoms with Gasteiger partial charge in [0.1, 0.15) is 6.79 Å². The molecule has 0 saturated carbocycles. The summed E-state index contributed by atoms with van der Waals surface area (Å²) in [5, 5.41) is 0. The second kappa shape index (κ2) is 4.80. The molecule has 0 unspecified atom stereocenters. The Morgan fingerprint density at radius 1 is 1.36 bits per heavy atom. The summed E-state index contributed by atoms with van der Waals surface area (Å²) in [5.41, 5.74) is 0.247. The van der Waals surface area contributed by atoms with Gasteiger partial charge in [-0.2, -0.15) is 0 Å². The maximum absolute atomic E-state index is 5.46. The fourth-order valence-electron chi connectivity index (χ4n) is 1.14. The van der Waals surface area contributed by atoms with Gasteiger partial charge in [-0.1, -0.05) is 36.3 Å². The van der Waals surface area contributed by atoms with Crippen LogP contribution in [0.5, 0.6) is 0 Å². The molecule has 0 aliphatic carbocycles. The van der Waals surface area contributed by atoms with Crippen LogP contribution in [0.1, 0.15) is 12.5 Å². The van der Waals surface area contributed by atoms with Crippen molar-refractivity contribution in [3.8, 4) is 12.3 Å². The Labute approximate surface area is 84.8 Å². The predicted molar refractivity (Wildman–Crippen MR) is 55.6 cm³/mol. The lowest BCUT2D eigenvalue weighted by molar-refractivity contribution is -0.0989. The van der Waals surface area contributed by atoms with E-state index in [4.69, 9.17) is 15.9 Å². The van der Waals surface area contributed by atoms with Crippen LogP contribution >= 0.6 is 0 Å². The van der Waals surface area contributed by atoms with Crippen molar-refractivity contribution >= 4 is 0 Å². The first kappa shape index (κ1) is 10.8. The molecule has 74 valence electrons. The first-order valence-electron chi connectivity index (χ1n) is 4.39. The van der Waals surface area contributed by atoms with Crippen LogP contribution in [-0.4, -0.2) is 13.9 Å². The highest BCUT2D eigenvalue weighted by Crippen LogP contribution is 2.23. The number of rotatable bonds is 4. The van der Waals surface area contributed by atoms with Crippen LogP contribution in [0.3, 0.4) is 0 Å². The summed E-state index contributed by atoms with van der Waals surface area (Å²) in [7, 11) is 1.57. The maximum Gasteiger partial charge on any atom is 0.153 e. The summed E-state index contributed by atoms with van der Waals surface area (Å²) in [6.45, 7) is 2.04. The molecular weight excluding hydrogens is 176 g/mol. The minimum Gasteiger partial charge on any atom is -0.359 e. The lowest BCUT2D eigenvalue weighted by atomic mass is 9.97. The van der Waals surface area contributed by atoms with Gasteiger partial charge in [0.05, 0.1) is 0 Å². The molecule has 1 aromatic rings. The topological polar surface area (TPSA) is 18.5 Å². The first-order valence-corrected chi connectivity index (χ1v) is 4.39. The van der Waals surface area contributed by atoms with E-state index in [-0.39, 0.29) is 6.79 Å². The van der Waals surface area contributed by atoms with Gasteiger partial charge in [-0.05, 0) is 12.5 Å². The van der Waals surface area contributed by atoms with Crippen LogP contribution in [0.2, 0.25) is 0 Å². The molecule has 0 bridgehead atoms. The van der Waals surface area contributed by atoms with Crippen LogP contribution in [0.25, 0.3) is 0 Å². The van der Waals surface area contributed by atoms with Gasteiger partial charge in [-0.3, -0.25) is 0 Å². The molecule has 0 heterocycles. The molecule has 0 N–H and O–H groups in total. The molecular formula is C12H14O2. The SMILES string of the molecule is C#C[C@@](C)(OCOC)c1ccccc1. The van der Waals surface area contributed by atoms with Crippen molar-refractivity contribution in [2.75, 3.05) is 13.9 Å². The minimum absolute atomic E-state index is 0.190. The van der Waals surface area contributed by atoms with E-state index < -0.39 is 5.60 Å². The zero-order chi connectivity index (χ0) is 10.4. The molecule has 0 radical (unpaired) electrons. The normalized spacial score (nSPS) is 14.4. The van der Waals surface area contributed by atoms with Crippen molar-refractivity contribution in [3.05, 3.63) is 35.9 Å². The van der Waals surface area contributed by atoms with E-state index in [0.717, 1.165) is 5.56 Å². The van der Waals surface area contributed by atoms with Gasteiger partial charge >= 0.3 is 0 Å². The standard InChI is InChI=1S/C12H14O2/c1-4-12(2,14-10-13-3)11-8-6-5-7-9-11/h1,5-9H,10H2,2-3H3/t12-/m1/s1. The van der Waals surface area contributed by atoms with Crippen molar-refractivity contribution in [1.82, 2.24) is 0 Å².